The van der Waals surface area contributed by atoms with Crippen LogP contribution in [-0.2, 0) is 28.6 Å². The zero-order valence-corrected chi connectivity index (χ0v) is 18.6. The van der Waals surface area contributed by atoms with Crippen molar-refractivity contribution in [2.75, 3.05) is 4.72 Å². The first-order chi connectivity index (χ1) is 16.4. The van der Waals surface area contributed by atoms with Crippen LogP contribution in [-0.4, -0.2) is 8.42 Å². The van der Waals surface area contributed by atoms with Gasteiger partial charge in [0.2, 0.25) is 0 Å². The number of aryl methyl sites for hydroxylation is 1. The normalized spacial score (nSPS) is 12.9. The van der Waals surface area contributed by atoms with Gasteiger partial charge < -0.3 is 4.74 Å². The van der Waals surface area contributed by atoms with Gasteiger partial charge in [0.05, 0.1) is 27.3 Å². The molecule has 0 fully saturated rings. The van der Waals surface area contributed by atoms with Crippen LogP contribution in [0.25, 0.3) is 0 Å². The molecule has 0 saturated carbocycles. The molecule has 36 heavy (non-hydrogen) atoms. The van der Waals surface area contributed by atoms with Gasteiger partial charge in [-0.15, -0.1) is 0 Å². The largest absolute Gasteiger partial charge is 0.455 e. The second-order valence-electron chi connectivity index (χ2n) is 7.42. The van der Waals surface area contributed by atoms with Crippen LogP contribution in [0.1, 0.15) is 22.3 Å². The van der Waals surface area contributed by atoms with E-state index in [4.69, 9.17) is 4.74 Å². The molecule has 0 spiro atoms. The smallest absolute Gasteiger partial charge is 0.416 e. The van der Waals surface area contributed by atoms with Gasteiger partial charge in [0.1, 0.15) is 5.75 Å². The molecule has 4 nitrogen and oxygen atoms in total. The summed E-state index contributed by atoms with van der Waals surface area (Å²) >= 11 is 0. The molecule has 0 radical (unpaired) electrons. The number of rotatable bonds is 5. The molecule has 0 amide bonds. The molecule has 0 aromatic heterocycles. The molecule has 0 aliphatic rings. The van der Waals surface area contributed by atoms with Crippen LogP contribution >= 0.6 is 0 Å². The molecular formula is C22H14F9NO3S. The van der Waals surface area contributed by atoms with E-state index in [1.807, 2.05) is 0 Å². The fraction of sp³-hybridized carbons (Fsp3) is 0.182. The highest BCUT2D eigenvalue weighted by molar-refractivity contribution is 7.92. The van der Waals surface area contributed by atoms with Crippen LogP contribution in [0.5, 0.6) is 11.5 Å². The second kappa shape index (κ2) is 9.22. The van der Waals surface area contributed by atoms with Gasteiger partial charge in [-0.3, -0.25) is 4.72 Å². The highest BCUT2D eigenvalue weighted by atomic mass is 32.2. The lowest BCUT2D eigenvalue weighted by Gasteiger charge is -2.18. The van der Waals surface area contributed by atoms with Crippen LogP contribution in [0, 0.1) is 6.92 Å². The van der Waals surface area contributed by atoms with Crippen molar-refractivity contribution in [3.05, 3.63) is 82.9 Å². The van der Waals surface area contributed by atoms with E-state index in [0.717, 1.165) is 6.07 Å². The topological polar surface area (TPSA) is 55.4 Å². The number of para-hydroxylation sites is 1. The minimum Gasteiger partial charge on any atom is -0.455 e. The third-order valence-corrected chi connectivity index (χ3v) is 6.08. The third-order valence-electron chi connectivity index (χ3n) is 4.74. The summed E-state index contributed by atoms with van der Waals surface area (Å²) in [7, 11) is -5.26. The fourth-order valence-electron chi connectivity index (χ4n) is 2.95. The van der Waals surface area contributed by atoms with Gasteiger partial charge in [-0.1, -0.05) is 18.2 Å². The van der Waals surface area contributed by atoms with Crippen LogP contribution in [0.2, 0.25) is 0 Å². The van der Waals surface area contributed by atoms with Crippen molar-refractivity contribution in [3.63, 3.8) is 0 Å². The van der Waals surface area contributed by atoms with Gasteiger partial charge in [-0.25, -0.2) is 8.42 Å². The van der Waals surface area contributed by atoms with Crippen LogP contribution in [0.3, 0.4) is 0 Å². The number of hydrogen-bond acceptors (Lipinski definition) is 3. The second-order valence-corrected chi connectivity index (χ2v) is 9.11. The Labute approximate surface area is 198 Å². The highest BCUT2D eigenvalue weighted by Crippen LogP contribution is 2.40. The van der Waals surface area contributed by atoms with Gasteiger partial charge in [-0.05, 0) is 55.0 Å². The van der Waals surface area contributed by atoms with Gasteiger partial charge >= 0.3 is 18.5 Å². The number of hydrogen-bond donors (Lipinski definition) is 1. The molecule has 1 N–H and O–H groups in total. The average Bonchev–Trinajstić information content (AvgIpc) is 2.74. The van der Waals surface area contributed by atoms with Crippen molar-refractivity contribution in [2.45, 2.75) is 30.3 Å². The maximum Gasteiger partial charge on any atom is 0.416 e. The van der Waals surface area contributed by atoms with E-state index in [9.17, 15) is 47.9 Å². The first-order valence-electron chi connectivity index (χ1n) is 9.65. The third kappa shape index (κ3) is 6.22. The number of benzene rings is 3. The van der Waals surface area contributed by atoms with E-state index in [2.05, 4.69) is 0 Å². The van der Waals surface area contributed by atoms with Gasteiger partial charge in [-0.2, -0.15) is 39.5 Å². The molecular weight excluding hydrogens is 529 g/mol. The predicted octanol–water partition coefficient (Wildman–Crippen LogP) is 7.64. The minimum atomic E-state index is -5.35. The molecule has 14 heteroatoms. The number of anilines is 1. The van der Waals surface area contributed by atoms with E-state index < -0.39 is 61.6 Å². The van der Waals surface area contributed by atoms with Crippen LogP contribution in [0.4, 0.5) is 45.2 Å². The maximum absolute atomic E-state index is 13.2. The summed E-state index contributed by atoms with van der Waals surface area (Å²) in [5.74, 6) is -0.375. The van der Waals surface area contributed by atoms with E-state index in [-0.39, 0.29) is 23.9 Å². The molecule has 0 aliphatic carbocycles. The Hall–Kier alpha value is -3.42. The van der Waals surface area contributed by atoms with Crippen molar-refractivity contribution < 1.29 is 52.7 Å². The van der Waals surface area contributed by atoms with Crippen molar-refractivity contribution in [1.29, 1.82) is 0 Å². The summed E-state index contributed by atoms with van der Waals surface area (Å²) in [4.78, 5) is -1.47. The van der Waals surface area contributed by atoms with Crippen molar-refractivity contribution >= 4 is 15.7 Å². The monoisotopic (exact) mass is 543 g/mol. The standard InChI is InChI=1S/C22H14F9NO3S/c1-12-4-2-3-5-18(12)35-19-7-6-13(20(23,24)25)11-17(19)32-36(33,34)16-9-14(21(26,27)28)8-15(10-16)22(29,30)31/h2-11,32H,1H3. The summed E-state index contributed by atoms with van der Waals surface area (Å²) in [6, 6.07) is 7.34. The average molecular weight is 543 g/mol. The zero-order chi connectivity index (χ0) is 27.1. The van der Waals surface area contributed by atoms with E-state index in [1.54, 1.807) is 23.8 Å². The summed E-state index contributed by atoms with van der Waals surface area (Å²) in [5.41, 5.74) is -5.55. The summed E-state index contributed by atoms with van der Waals surface area (Å²) < 4.78 is 151. The van der Waals surface area contributed by atoms with E-state index >= 15 is 0 Å². The lowest BCUT2D eigenvalue weighted by atomic mass is 10.1. The van der Waals surface area contributed by atoms with Crippen molar-refractivity contribution in [3.8, 4) is 11.5 Å². The maximum atomic E-state index is 13.2. The molecule has 0 atom stereocenters. The molecule has 0 aliphatic heterocycles. The van der Waals surface area contributed by atoms with Crippen LogP contribution in [0.15, 0.2) is 65.6 Å². The SMILES string of the molecule is Cc1ccccc1Oc1ccc(C(F)(F)F)cc1NS(=O)(=O)c1cc(C(F)(F)F)cc(C(F)(F)F)c1. The number of nitrogens with one attached hydrogen (secondary N) is 1. The quantitative estimate of drug-likeness (QED) is 0.337. The lowest BCUT2D eigenvalue weighted by Crippen LogP contribution is -2.18. The Morgan fingerprint density at radius 2 is 1.19 bits per heavy atom. The van der Waals surface area contributed by atoms with E-state index in [0.29, 0.717) is 17.7 Å². The summed E-state index contributed by atoms with van der Waals surface area (Å²) in [5, 5.41) is 0. The lowest BCUT2D eigenvalue weighted by molar-refractivity contribution is -0.143. The van der Waals surface area contributed by atoms with Gasteiger partial charge in [0.25, 0.3) is 10.0 Å². The molecule has 3 aromatic rings. The Bertz CT molecular complexity index is 1350. The molecule has 3 aromatic carbocycles. The molecule has 3 rings (SSSR count). The number of halogens is 9. The summed E-state index contributed by atoms with van der Waals surface area (Å²) in [6.45, 7) is 1.57. The molecule has 194 valence electrons. The summed E-state index contributed by atoms with van der Waals surface area (Å²) in [6.07, 6.45) is -15.7. The van der Waals surface area contributed by atoms with Crippen LogP contribution < -0.4 is 9.46 Å². The highest BCUT2D eigenvalue weighted by Gasteiger charge is 2.38. The molecule has 0 unspecified atom stereocenters. The molecule has 0 bridgehead atoms. The Kier molecular flexibility index (Phi) is 6.96. The molecule has 0 saturated heterocycles. The fourth-order valence-corrected chi connectivity index (χ4v) is 4.08. The van der Waals surface area contributed by atoms with Crippen molar-refractivity contribution in [1.82, 2.24) is 0 Å². The Balaban J connectivity index is 2.15. The van der Waals surface area contributed by atoms with Gasteiger partial charge in [0, 0.05) is 0 Å². The van der Waals surface area contributed by atoms with Gasteiger partial charge in [0.15, 0.2) is 5.75 Å². The zero-order valence-electron chi connectivity index (χ0n) is 17.8. The molecule has 0 heterocycles. The number of ether oxygens (including phenoxy) is 1. The predicted molar refractivity (Wildman–Crippen MR) is 110 cm³/mol. The minimum absolute atomic E-state index is 0.0624. The number of alkyl halides is 9. The first-order valence-corrected chi connectivity index (χ1v) is 11.1. The van der Waals surface area contributed by atoms with E-state index in [1.165, 1.54) is 12.1 Å². The Morgan fingerprint density at radius 3 is 1.69 bits per heavy atom. The first kappa shape index (κ1) is 27.2. The number of sulfonamides is 1. The van der Waals surface area contributed by atoms with Crippen molar-refractivity contribution in [2.24, 2.45) is 0 Å². The Morgan fingerprint density at radius 1 is 0.667 bits per heavy atom.